The van der Waals surface area contributed by atoms with E-state index in [1.54, 1.807) is 30.3 Å². The van der Waals surface area contributed by atoms with Crippen LogP contribution in [0, 0.1) is 5.92 Å². The maximum atomic E-state index is 13.0. The Morgan fingerprint density at radius 1 is 1.35 bits per heavy atom. The van der Waals surface area contributed by atoms with Crippen molar-refractivity contribution in [3.05, 3.63) is 47.2 Å². The zero-order valence-corrected chi connectivity index (χ0v) is 15.9. The number of pyridine rings is 1. The van der Waals surface area contributed by atoms with Crippen LogP contribution in [0.5, 0.6) is 5.75 Å². The number of thiazole rings is 1. The van der Waals surface area contributed by atoms with E-state index in [-0.39, 0.29) is 11.8 Å². The summed E-state index contributed by atoms with van der Waals surface area (Å²) in [7, 11) is 1.60. The Morgan fingerprint density at radius 2 is 2.19 bits per heavy atom. The van der Waals surface area contributed by atoms with Crippen molar-refractivity contribution in [2.24, 2.45) is 5.92 Å². The molecule has 0 N–H and O–H groups in total. The largest absolute Gasteiger partial charge is 0.494 e. The number of carbonyl (C=O) groups excluding carboxylic acids is 1. The Bertz CT molecular complexity index is 941. The molecule has 7 heteroatoms. The highest BCUT2D eigenvalue weighted by Gasteiger charge is 2.32. The van der Waals surface area contributed by atoms with E-state index in [2.05, 4.69) is 9.97 Å². The van der Waals surface area contributed by atoms with Gasteiger partial charge in [0.1, 0.15) is 11.3 Å². The van der Waals surface area contributed by atoms with Crippen molar-refractivity contribution in [1.29, 1.82) is 0 Å². The second-order valence-electron chi connectivity index (χ2n) is 6.30. The number of carbonyl (C=O) groups is 1. The number of aromatic nitrogens is 2. The molecule has 0 unspecified atom stereocenters. The number of hydrogen-bond acceptors (Lipinski definition) is 5. The molecule has 2 aromatic heterocycles. The van der Waals surface area contributed by atoms with E-state index < -0.39 is 0 Å². The zero-order chi connectivity index (χ0) is 18.1. The number of rotatable bonds is 5. The fraction of sp³-hybridized carbons (Fsp3) is 0.316. The summed E-state index contributed by atoms with van der Waals surface area (Å²) in [5.74, 6) is 0.833. The Labute approximate surface area is 160 Å². The van der Waals surface area contributed by atoms with E-state index in [4.69, 9.17) is 16.3 Å². The number of amides is 1. The number of nitrogens with zero attached hydrogens (tertiary/aromatic N) is 3. The lowest BCUT2D eigenvalue weighted by Gasteiger charge is -2.30. The summed E-state index contributed by atoms with van der Waals surface area (Å²) in [4.78, 5) is 23.8. The first-order valence-electron chi connectivity index (χ1n) is 8.51. The molecule has 3 aromatic rings. The molecule has 5 nitrogen and oxygen atoms in total. The number of halogens is 1. The molecule has 0 radical (unpaired) electrons. The molecule has 1 amide bonds. The number of benzene rings is 1. The average molecular weight is 388 g/mol. The van der Waals surface area contributed by atoms with Crippen LogP contribution in [0.1, 0.15) is 25.0 Å². The first kappa shape index (κ1) is 17.2. The van der Waals surface area contributed by atoms with Crippen molar-refractivity contribution in [1.82, 2.24) is 9.97 Å². The first-order valence-corrected chi connectivity index (χ1v) is 9.71. The summed E-state index contributed by atoms with van der Waals surface area (Å²) in [6.07, 6.45) is 4.71. The van der Waals surface area contributed by atoms with Crippen LogP contribution in [0.2, 0.25) is 5.02 Å². The molecule has 1 aliphatic carbocycles. The lowest BCUT2D eigenvalue weighted by molar-refractivity contribution is -0.124. The molecule has 0 spiro atoms. The van der Waals surface area contributed by atoms with E-state index in [9.17, 15) is 4.79 Å². The maximum absolute atomic E-state index is 13.0. The van der Waals surface area contributed by atoms with Crippen molar-refractivity contribution in [2.75, 3.05) is 12.0 Å². The molecule has 134 valence electrons. The van der Waals surface area contributed by atoms with Crippen LogP contribution in [0.3, 0.4) is 0 Å². The number of fused-ring (bicyclic) bond motifs is 1. The molecule has 0 bridgehead atoms. The third-order valence-corrected chi connectivity index (χ3v) is 6.20. The quantitative estimate of drug-likeness (QED) is 0.637. The van der Waals surface area contributed by atoms with Crippen molar-refractivity contribution in [2.45, 2.75) is 25.8 Å². The predicted octanol–water partition coefficient (Wildman–Crippen LogP) is 4.69. The number of anilines is 1. The molecule has 0 saturated heterocycles. The van der Waals surface area contributed by atoms with E-state index in [0.717, 1.165) is 29.7 Å². The topological polar surface area (TPSA) is 55.3 Å². The van der Waals surface area contributed by atoms with Crippen molar-refractivity contribution in [3.63, 3.8) is 0 Å². The minimum absolute atomic E-state index is 0.0723. The van der Waals surface area contributed by atoms with Gasteiger partial charge in [-0.3, -0.25) is 14.7 Å². The number of ether oxygens (including phenoxy) is 1. The van der Waals surface area contributed by atoms with Gasteiger partial charge in [0.15, 0.2) is 5.13 Å². The monoisotopic (exact) mass is 387 g/mol. The lowest BCUT2D eigenvalue weighted by Crippen LogP contribution is -2.38. The van der Waals surface area contributed by atoms with Gasteiger partial charge in [-0.05, 0) is 37.1 Å². The molecule has 0 aliphatic heterocycles. The van der Waals surface area contributed by atoms with Crippen LogP contribution >= 0.6 is 22.9 Å². The molecule has 2 heterocycles. The Kier molecular flexibility index (Phi) is 4.78. The number of methoxy groups -OCH3 is 1. The van der Waals surface area contributed by atoms with Gasteiger partial charge < -0.3 is 4.74 Å². The SMILES string of the molecule is COc1ccc(Cl)c2sc(N(Cc3ccccn3)C(=O)C3CCC3)nc12. The summed E-state index contributed by atoms with van der Waals surface area (Å²) in [5, 5.41) is 1.24. The Balaban J connectivity index is 1.76. The summed E-state index contributed by atoms with van der Waals surface area (Å²) >= 11 is 7.76. The fourth-order valence-corrected chi connectivity index (χ4v) is 4.25. The molecule has 1 aliphatic rings. The molecule has 1 fully saturated rings. The van der Waals surface area contributed by atoms with Gasteiger partial charge in [-0.15, -0.1) is 0 Å². The van der Waals surface area contributed by atoms with Crippen molar-refractivity contribution < 1.29 is 9.53 Å². The normalized spacial score (nSPS) is 14.2. The van der Waals surface area contributed by atoms with Gasteiger partial charge in [0, 0.05) is 12.1 Å². The van der Waals surface area contributed by atoms with Gasteiger partial charge >= 0.3 is 0 Å². The van der Waals surface area contributed by atoms with Crippen LogP contribution in [-0.2, 0) is 11.3 Å². The molecule has 1 saturated carbocycles. The Hall–Kier alpha value is -2.18. The van der Waals surface area contributed by atoms with E-state index in [0.29, 0.717) is 28.0 Å². The molecular weight excluding hydrogens is 370 g/mol. The number of hydrogen-bond donors (Lipinski definition) is 0. The van der Waals surface area contributed by atoms with E-state index in [1.807, 2.05) is 18.2 Å². The zero-order valence-electron chi connectivity index (χ0n) is 14.3. The summed E-state index contributed by atoms with van der Waals surface area (Å²) < 4.78 is 6.23. The minimum atomic E-state index is 0.0723. The van der Waals surface area contributed by atoms with Crippen molar-refractivity contribution in [3.8, 4) is 5.75 Å². The molecule has 4 rings (SSSR count). The molecular formula is C19H18ClN3O2S. The lowest BCUT2D eigenvalue weighted by atomic mass is 9.84. The summed E-state index contributed by atoms with van der Waals surface area (Å²) in [6.45, 7) is 0.399. The van der Waals surface area contributed by atoms with Gasteiger partial charge in [-0.25, -0.2) is 4.98 Å². The second-order valence-corrected chi connectivity index (χ2v) is 7.68. The highest BCUT2D eigenvalue weighted by Crippen LogP contribution is 2.40. The van der Waals surface area contributed by atoms with Crippen molar-refractivity contribution >= 4 is 44.2 Å². The third-order valence-electron chi connectivity index (χ3n) is 4.66. The van der Waals surface area contributed by atoms with E-state index in [1.165, 1.54) is 11.3 Å². The molecule has 0 atom stereocenters. The predicted molar refractivity (Wildman–Crippen MR) is 104 cm³/mol. The minimum Gasteiger partial charge on any atom is -0.494 e. The van der Waals surface area contributed by atoms with Gasteiger partial charge in [0.2, 0.25) is 5.91 Å². The Morgan fingerprint density at radius 3 is 2.85 bits per heavy atom. The van der Waals surface area contributed by atoms with Crippen LogP contribution in [0.25, 0.3) is 10.2 Å². The fourth-order valence-electron chi connectivity index (χ4n) is 2.99. The van der Waals surface area contributed by atoms with Crippen LogP contribution in [0.4, 0.5) is 5.13 Å². The van der Waals surface area contributed by atoms with Gasteiger partial charge in [0.25, 0.3) is 0 Å². The van der Waals surface area contributed by atoms with Crippen LogP contribution in [0.15, 0.2) is 36.5 Å². The average Bonchev–Trinajstić information content (AvgIpc) is 3.05. The summed E-state index contributed by atoms with van der Waals surface area (Å²) in [6, 6.07) is 9.30. The van der Waals surface area contributed by atoms with Gasteiger partial charge in [-0.2, -0.15) is 0 Å². The molecule has 1 aromatic carbocycles. The van der Waals surface area contributed by atoms with Gasteiger partial charge in [0.05, 0.1) is 29.1 Å². The van der Waals surface area contributed by atoms with Crippen LogP contribution < -0.4 is 9.64 Å². The summed E-state index contributed by atoms with van der Waals surface area (Å²) in [5.41, 5.74) is 1.52. The first-order chi connectivity index (χ1) is 12.7. The highest BCUT2D eigenvalue weighted by atomic mass is 35.5. The van der Waals surface area contributed by atoms with E-state index >= 15 is 0 Å². The standard InChI is InChI=1S/C19H18ClN3O2S/c1-25-15-9-8-14(20)17-16(15)22-19(26-17)23(18(24)12-5-4-6-12)11-13-7-2-3-10-21-13/h2-3,7-10,12H,4-6,11H2,1H3. The highest BCUT2D eigenvalue weighted by molar-refractivity contribution is 7.23. The molecule has 26 heavy (non-hydrogen) atoms. The van der Waals surface area contributed by atoms with Gasteiger partial charge in [-0.1, -0.05) is 35.4 Å². The smallest absolute Gasteiger partial charge is 0.232 e. The third kappa shape index (κ3) is 3.15. The van der Waals surface area contributed by atoms with Crippen LogP contribution in [-0.4, -0.2) is 23.0 Å². The maximum Gasteiger partial charge on any atom is 0.232 e. The second kappa shape index (κ2) is 7.21.